The van der Waals surface area contributed by atoms with Gasteiger partial charge in [0.25, 0.3) is 5.91 Å². The van der Waals surface area contributed by atoms with Crippen LogP contribution in [0.5, 0.6) is 5.75 Å². The Labute approximate surface area is 209 Å². The Morgan fingerprint density at radius 2 is 1.31 bits per heavy atom. The lowest BCUT2D eigenvalue weighted by atomic mass is 9.69. The van der Waals surface area contributed by atoms with Crippen molar-refractivity contribution in [2.75, 3.05) is 17.1 Å². The number of carbonyl (C=O) groups excluding carboxylic acids is 2. The number of para-hydroxylation sites is 1. The summed E-state index contributed by atoms with van der Waals surface area (Å²) >= 11 is 0. The first-order chi connectivity index (χ1) is 17.7. The molecule has 6 rings (SSSR count). The summed E-state index contributed by atoms with van der Waals surface area (Å²) in [4.78, 5) is 36.3. The molecule has 2 aliphatic heterocycles. The fraction of sp³-hybridized carbons (Fsp3) is 0.133. The minimum Gasteiger partial charge on any atom is -0.497 e. The summed E-state index contributed by atoms with van der Waals surface area (Å²) in [5, 5.41) is 1.73. The predicted octanol–water partition coefficient (Wildman–Crippen LogP) is 5.07. The van der Waals surface area contributed by atoms with Gasteiger partial charge in [-0.3, -0.25) is 14.4 Å². The van der Waals surface area contributed by atoms with Gasteiger partial charge >= 0.3 is 0 Å². The number of amides is 2. The zero-order valence-electron chi connectivity index (χ0n) is 19.7. The molecule has 0 aromatic heterocycles. The van der Waals surface area contributed by atoms with Crippen molar-refractivity contribution >= 4 is 23.2 Å². The molecule has 6 nitrogen and oxygen atoms in total. The highest BCUT2D eigenvalue weighted by atomic mass is 16.7. The van der Waals surface area contributed by atoms with E-state index in [1.807, 2.05) is 91.0 Å². The standard InChI is InChI=1S/C30H24N2O4/c1-35-25-19-17-23(18-20-25)31-28(33)27-30(29(31)34,22-13-7-3-8-14-22)26(21-11-5-2-6-12-21)32(36-27)24-15-9-4-10-16-24/h2-20,26-27H,1H3/t26-,27+,30+/m0/s1. The molecule has 0 saturated carbocycles. The minimum absolute atomic E-state index is 0.318. The summed E-state index contributed by atoms with van der Waals surface area (Å²) < 4.78 is 5.27. The molecule has 0 N–H and O–H groups in total. The quantitative estimate of drug-likeness (QED) is 0.377. The number of hydroxylamine groups is 1. The van der Waals surface area contributed by atoms with E-state index in [4.69, 9.17) is 9.57 Å². The summed E-state index contributed by atoms with van der Waals surface area (Å²) in [6.45, 7) is 0. The van der Waals surface area contributed by atoms with Crippen molar-refractivity contribution in [3.05, 3.63) is 126 Å². The Balaban J connectivity index is 1.59. The van der Waals surface area contributed by atoms with Crippen LogP contribution in [0.4, 0.5) is 11.4 Å². The van der Waals surface area contributed by atoms with Gasteiger partial charge in [0.2, 0.25) is 5.91 Å². The predicted molar refractivity (Wildman–Crippen MR) is 137 cm³/mol. The van der Waals surface area contributed by atoms with Gasteiger partial charge < -0.3 is 4.74 Å². The summed E-state index contributed by atoms with van der Waals surface area (Å²) in [7, 11) is 1.58. The highest BCUT2D eigenvalue weighted by Gasteiger charge is 2.72. The monoisotopic (exact) mass is 476 g/mol. The summed E-state index contributed by atoms with van der Waals surface area (Å²) in [5.41, 5.74) is 1.57. The molecule has 0 aliphatic carbocycles. The average molecular weight is 477 g/mol. The van der Waals surface area contributed by atoms with Crippen LogP contribution in [0.2, 0.25) is 0 Å². The maximum atomic E-state index is 14.6. The number of hydrogen-bond donors (Lipinski definition) is 0. The number of methoxy groups -OCH3 is 1. The Kier molecular flexibility index (Phi) is 5.31. The molecular formula is C30H24N2O4. The van der Waals surface area contributed by atoms with E-state index in [0.717, 1.165) is 16.8 Å². The van der Waals surface area contributed by atoms with Gasteiger partial charge in [0.05, 0.1) is 18.5 Å². The van der Waals surface area contributed by atoms with E-state index < -0.39 is 23.5 Å². The SMILES string of the molecule is COc1ccc(N2C(=O)[C@H]3ON(c4ccccc4)[C@@H](c4ccccc4)[C@@]3(c3ccccc3)C2=O)cc1. The van der Waals surface area contributed by atoms with Gasteiger partial charge in [0.15, 0.2) is 6.10 Å². The van der Waals surface area contributed by atoms with Crippen molar-refractivity contribution < 1.29 is 19.2 Å². The third-order valence-corrected chi connectivity index (χ3v) is 7.01. The van der Waals surface area contributed by atoms with Crippen LogP contribution in [-0.2, 0) is 19.8 Å². The maximum Gasteiger partial charge on any atom is 0.267 e. The molecule has 0 spiro atoms. The van der Waals surface area contributed by atoms with Crippen LogP contribution in [0.15, 0.2) is 115 Å². The number of hydrogen-bond acceptors (Lipinski definition) is 5. The van der Waals surface area contributed by atoms with E-state index in [2.05, 4.69) is 0 Å². The fourth-order valence-corrected chi connectivity index (χ4v) is 5.40. The number of benzene rings is 4. The molecule has 3 atom stereocenters. The number of carbonyl (C=O) groups is 2. The Morgan fingerprint density at radius 3 is 1.92 bits per heavy atom. The molecule has 2 aliphatic rings. The van der Waals surface area contributed by atoms with Crippen molar-refractivity contribution in [1.29, 1.82) is 0 Å². The number of rotatable bonds is 5. The molecule has 2 heterocycles. The summed E-state index contributed by atoms with van der Waals surface area (Å²) in [5.74, 6) is -0.0704. The van der Waals surface area contributed by atoms with Gasteiger partial charge in [-0.05, 0) is 47.5 Å². The van der Waals surface area contributed by atoms with Crippen LogP contribution in [-0.4, -0.2) is 25.0 Å². The third-order valence-electron chi connectivity index (χ3n) is 7.01. The van der Waals surface area contributed by atoms with Gasteiger partial charge in [0, 0.05) is 0 Å². The third kappa shape index (κ3) is 3.15. The molecule has 0 unspecified atom stereocenters. The largest absolute Gasteiger partial charge is 0.497 e. The molecule has 0 bridgehead atoms. The molecule has 2 saturated heterocycles. The van der Waals surface area contributed by atoms with E-state index in [-0.39, 0.29) is 5.91 Å². The minimum atomic E-state index is -1.30. The number of anilines is 2. The lowest BCUT2D eigenvalue weighted by Gasteiger charge is -2.35. The van der Waals surface area contributed by atoms with Crippen LogP contribution in [0.3, 0.4) is 0 Å². The molecule has 4 aromatic rings. The van der Waals surface area contributed by atoms with Crippen molar-refractivity contribution in [3.63, 3.8) is 0 Å². The first-order valence-corrected chi connectivity index (χ1v) is 11.8. The van der Waals surface area contributed by atoms with Gasteiger partial charge in [-0.25, -0.2) is 9.96 Å². The lowest BCUT2D eigenvalue weighted by molar-refractivity contribution is -0.126. The van der Waals surface area contributed by atoms with Crippen molar-refractivity contribution in [1.82, 2.24) is 0 Å². The van der Waals surface area contributed by atoms with E-state index in [1.54, 1.807) is 36.4 Å². The molecule has 36 heavy (non-hydrogen) atoms. The topological polar surface area (TPSA) is 59.1 Å². The highest BCUT2D eigenvalue weighted by molar-refractivity contribution is 6.28. The van der Waals surface area contributed by atoms with E-state index in [0.29, 0.717) is 11.4 Å². The lowest BCUT2D eigenvalue weighted by Crippen LogP contribution is -2.46. The first-order valence-electron chi connectivity index (χ1n) is 11.8. The van der Waals surface area contributed by atoms with Crippen LogP contribution in [0, 0.1) is 0 Å². The van der Waals surface area contributed by atoms with Gasteiger partial charge in [-0.15, -0.1) is 0 Å². The van der Waals surface area contributed by atoms with Crippen molar-refractivity contribution in [2.45, 2.75) is 17.6 Å². The molecule has 6 heteroatoms. The second kappa shape index (κ2) is 8.66. The molecular weight excluding hydrogens is 452 g/mol. The number of fused-ring (bicyclic) bond motifs is 1. The van der Waals surface area contributed by atoms with Crippen molar-refractivity contribution in [2.24, 2.45) is 0 Å². The van der Waals surface area contributed by atoms with Gasteiger partial charge in [0.1, 0.15) is 17.2 Å². The smallest absolute Gasteiger partial charge is 0.267 e. The molecule has 2 fully saturated rings. The molecule has 2 amide bonds. The fourth-order valence-electron chi connectivity index (χ4n) is 5.40. The molecule has 0 radical (unpaired) electrons. The molecule has 178 valence electrons. The van der Waals surface area contributed by atoms with Gasteiger partial charge in [-0.2, -0.15) is 0 Å². The van der Waals surface area contributed by atoms with Crippen molar-refractivity contribution in [3.8, 4) is 5.75 Å². The number of ether oxygens (including phenoxy) is 1. The summed E-state index contributed by atoms with van der Waals surface area (Å²) in [6, 6.07) is 35.2. The van der Waals surface area contributed by atoms with E-state index in [9.17, 15) is 9.59 Å². The first kappa shape index (κ1) is 22.1. The Bertz CT molecular complexity index is 1390. The second-order valence-electron chi connectivity index (χ2n) is 8.87. The van der Waals surface area contributed by atoms with Crippen LogP contribution in [0.1, 0.15) is 17.2 Å². The van der Waals surface area contributed by atoms with Crippen LogP contribution < -0.4 is 14.7 Å². The molecule has 4 aromatic carbocycles. The normalized spacial score (nSPS) is 23.1. The number of imide groups is 1. The van der Waals surface area contributed by atoms with Crippen LogP contribution >= 0.6 is 0 Å². The zero-order chi connectivity index (χ0) is 24.7. The highest BCUT2D eigenvalue weighted by Crippen LogP contribution is 2.57. The second-order valence-corrected chi connectivity index (χ2v) is 8.87. The zero-order valence-corrected chi connectivity index (χ0v) is 19.7. The maximum absolute atomic E-state index is 14.6. The van der Waals surface area contributed by atoms with Crippen LogP contribution in [0.25, 0.3) is 0 Å². The Hall–Kier alpha value is -4.42. The Morgan fingerprint density at radius 1 is 0.722 bits per heavy atom. The van der Waals surface area contributed by atoms with Gasteiger partial charge in [-0.1, -0.05) is 78.9 Å². The van der Waals surface area contributed by atoms with E-state index in [1.165, 1.54) is 4.90 Å². The number of nitrogens with zero attached hydrogens (tertiary/aromatic N) is 2. The summed E-state index contributed by atoms with van der Waals surface area (Å²) in [6.07, 6.45) is -1.04. The average Bonchev–Trinajstić information content (AvgIpc) is 3.41. The van der Waals surface area contributed by atoms with E-state index >= 15 is 0 Å².